The van der Waals surface area contributed by atoms with E-state index in [1.54, 1.807) is 16.2 Å². The first-order valence-corrected chi connectivity index (χ1v) is 13.7. The van der Waals surface area contributed by atoms with Crippen molar-refractivity contribution in [2.24, 2.45) is 16.6 Å². The third-order valence-corrected chi connectivity index (χ3v) is 8.33. The van der Waals surface area contributed by atoms with Gasteiger partial charge in [0.25, 0.3) is 5.91 Å². The Morgan fingerprint density at radius 3 is 2.62 bits per heavy atom. The molecule has 3 aromatic rings. The standard InChI is InChI=1S/C29H33N5O2S/c1-18(2)25(34-16-22-7-4-5-8-23(22)28(34)35)29(36)33-14-6-9-24(33)27(30)31-15-20-10-12-21(13-11-20)26-19(3)32-17-37-26/h4-5,7-8,10-13,17-18,24-25H,6,9,14-16H2,1-3H3,(H2,30,31). The van der Waals surface area contributed by atoms with Crippen LogP contribution in [0.5, 0.6) is 0 Å². The number of amides is 2. The lowest BCUT2D eigenvalue weighted by Crippen LogP contribution is -2.54. The minimum Gasteiger partial charge on any atom is -0.386 e. The molecule has 0 radical (unpaired) electrons. The van der Waals surface area contributed by atoms with Gasteiger partial charge >= 0.3 is 0 Å². The SMILES string of the molecule is Cc1ncsc1-c1ccc(CN=C(N)C2CCCN2C(=O)C(C(C)C)N2Cc3ccccc3C2=O)cc1. The zero-order valence-corrected chi connectivity index (χ0v) is 22.4. The monoisotopic (exact) mass is 515 g/mol. The molecule has 1 fully saturated rings. The van der Waals surface area contributed by atoms with Crippen molar-refractivity contribution < 1.29 is 9.59 Å². The fourth-order valence-electron chi connectivity index (χ4n) is 5.42. The van der Waals surface area contributed by atoms with Crippen LogP contribution in [0.3, 0.4) is 0 Å². The molecule has 192 valence electrons. The molecule has 8 heteroatoms. The van der Waals surface area contributed by atoms with E-state index in [0.29, 0.717) is 31.0 Å². The Bertz CT molecular complexity index is 1330. The van der Waals surface area contributed by atoms with Crippen molar-refractivity contribution >= 4 is 29.0 Å². The van der Waals surface area contributed by atoms with Crippen molar-refractivity contribution in [3.8, 4) is 10.4 Å². The van der Waals surface area contributed by atoms with E-state index in [4.69, 9.17) is 5.73 Å². The van der Waals surface area contributed by atoms with Crippen LogP contribution in [-0.2, 0) is 17.9 Å². The molecule has 2 atom stereocenters. The number of benzene rings is 2. The first kappa shape index (κ1) is 25.1. The number of nitrogens with two attached hydrogens (primary N) is 1. The molecule has 2 N–H and O–H groups in total. The number of thiazole rings is 1. The van der Waals surface area contributed by atoms with Gasteiger partial charge in [0.15, 0.2) is 0 Å². The number of fused-ring (bicyclic) bond motifs is 1. The number of aliphatic imine (C=N–C) groups is 1. The molecule has 0 bridgehead atoms. The van der Waals surface area contributed by atoms with Crippen LogP contribution in [0.2, 0.25) is 0 Å². The van der Waals surface area contributed by atoms with Crippen LogP contribution in [0.4, 0.5) is 0 Å². The van der Waals surface area contributed by atoms with Gasteiger partial charge in [0.1, 0.15) is 11.9 Å². The summed E-state index contributed by atoms with van der Waals surface area (Å²) in [6.07, 6.45) is 1.65. The summed E-state index contributed by atoms with van der Waals surface area (Å²) in [5.74, 6) is 0.343. The van der Waals surface area contributed by atoms with Crippen LogP contribution in [0, 0.1) is 12.8 Å². The van der Waals surface area contributed by atoms with E-state index in [9.17, 15) is 9.59 Å². The molecule has 3 heterocycles. The molecule has 37 heavy (non-hydrogen) atoms. The van der Waals surface area contributed by atoms with Crippen LogP contribution in [0.25, 0.3) is 10.4 Å². The number of hydrogen-bond acceptors (Lipinski definition) is 5. The predicted octanol–water partition coefficient (Wildman–Crippen LogP) is 4.65. The molecule has 2 amide bonds. The number of likely N-dealkylation sites (tertiary alicyclic amines) is 1. The second-order valence-corrected chi connectivity index (χ2v) is 11.0. The quantitative estimate of drug-likeness (QED) is 0.366. The summed E-state index contributed by atoms with van der Waals surface area (Å²) >= 11 is 1.64. The van der Waals surface area contributed by atoms with E-state index in [1.165, 1.54) is 4.88 Å². The Hall–Kier alpha value is -3.52. The molecule has 1 aromatic heterocycles. The highest BCUT2D eigenvalue weighted by molar-refractivity contribution is 7.13. The average molecular weight is 516 g/mol. The number of rotatable bonds is 7. The molecule has 0 saturated carbocycles. The van der Waals surface area contributed by atoms with Crippen molar-refractivity contribution in [2.75, 3.05) is 6.54 Å². The van der Waals surface area contributed by atoms with Gasteiger partial charge in [-0.15, -0.1) is 11.3 Å². The Morgan fingerprint density at radius 1 is 1.19 bits per heavy atom. The number of aryl methyl sites for hydroxylation is 1. The van der Waals surface area contributed by atoms with Crippen LogP contribution in [-0.4, -0.2) is 51.1 Å². The normalized spacial score (nSPS) is 18.5. The fourth-order valence-corrected chi connectivity index (χ4v) is 6.23. The summed E-state index contributed by atoms with van der Waals surface area (Å²) in [6.45, 7) is 7.56. The Morgan fingerprint density at radius 2 is 1.95 bits per heavy atom. The highest BCUT2D eigenvalue weighted by Crippen LogP contribution is 2.30. The summed E-state index contributed by atoms with van der Waals surface area (Å²) in [4.78, 5) is 40.8. The second-order valence-electron chi connectivity index (χ2n) is 10.2. The highest BCUT2D eigenvalue weighted by Gasteiger charge is 2.42. The van der Waals surface area contributed by atoms with Crippen molar-refractivity contribution in [2.45, 2.75) is 58.8 Å². The zero-order valence-electron chi connectivity index (χ0n) is 21.6. The number of carbonyl (C=O) groups excluding carboxylic acids is 2. The number of carbonyl (C=O) groups is 2. The maximum Gasteiger partial charge on any atom is 0.255 e. The topological polar surface area (TPSA) is 91.9 Å². The largest absolute Gasteiger partial charge is 0.386 e. The van der Waals surface area contributed by atoms with Crippen LogP contribution in [0.1, 0.15) is 53.9 Å². The molecule has 0 aliphatic carbocycles. The molecular weight excluding hydrogens is 482 g/mol. The Labute approximate surface area is 222 Å². The lowest BCUT2D eigenvalue weighted by Gasteiger charge is -2.35. The second kappa shape index (κ2) is 10.5. The van der Waals surface area contributed by atoms with E-state index >= 15 is 0 Å². The highest BCUT2D eigenvalue weighted by atomic mass is 32.1. The summed E-state index contributed by atoms with van der Waals surface area (Å²) < 4.78 is 0. The van der Waals surface area contributed by atoms with Gasteiger partial charge in [-0.25, -0.2) is 4.98 Å². The maximum absolute atomic E-state index is 13.9. The van der Waals surface area contributed by atoms with Gasteiger partial charge in [-0.3, -0.25) is 14.6 Å². The van der Waals surface area contributed by atoms with Crippen LogP contribution >= 0.6 is 11.3 Å². The van der Waals surface area contributed by atoms with E-state index in [0.717, 1.165) is 35.2 Å². The minimum atomic E-state index is -0.531. The van der Waals surface area contributed by atoms with Gasteiger partial charge in [0, 0.05) is 18.7 Å². The van der Waals surface area contributed by atoms with Crippen LogP contribution < -0.4 is 5.73 Å². The van der Waals surface area contributed by atoms with Gasteiger partial charge in [-0.05, 0) is 48.4 Å². The maximum atomic E-state index is 13.9. The molecule has 7 nitrogen and oxygen atoms in total. The lowest BCUT2D eigenvalue weighted by molar-refractivity contribution is -0.137. The Kier molecular flexibility index (Phi) is 7.11. The van der Waals surface area contributed by atoms with E-state index in [2.05, 4.69) is 34.2 Å². The van der Waals surface area contributed by atoms with Crippen molar-refractivity contribution in [3.63, 3.8) is 0 Å². The van der Waals surface area contributed by atoms with E-state index in [-0.39, 0.29) is 23.8 Å². The number of aromatic nitrogens is 1. The predicted molar refractivity (Wildman–Crippen MR) is 147 cm³/mol. The summed E-state index contributed by atoms with van der Waals surface area (Å²) in [5.41, 5.74) is 13.2. The van der Waals surface area contributed by atoms with E-state index < -0.39 is 6.04 Å². The van der Waals surface area contributed by atoms with Gasteiger partial charge < -0.3 is 15.5 Å². The zero-order chi connectivity index (χ0) is 26.1. The average Bonchev–Trinajstić information content (AvgIpc) is 3.63. The number of nitrogens with zero attached hydrogens (tertiary/aromatic N) is 4. The first-order valence-electron chi connectivity index (χ1n) is 12.8. The molecule has 2 aromatic carbocycles. The molecule has 5 rings (SSSR count). The third kappa shape index (κ3) is 4.90. The number of amidine groups is 1. The van der Waals surface area contributed by atoms with Gasteiger partial charge in [-0.2, -0.15) is 0 Å². The Balaban J connectivity index is 1.29. The van der Waals surface area contributed by atoms with Crippen molar-refractivity contribution in [3.05, 3.63) is 76.4 Å². The smallest absolute Gasteiger partial charge is 0.255 e. The fraction of sp³-hybridized carbons (Fsp3) is 0.379. The van der Waals surface area contributed by atoms with E-state index in [1.807, 2.05) is 55.4 Å². The van der Waals surface area contributed by atoms with Crippen molar-refractivity contribution in [1.29, 1.82) is 0 Å². The first-order chi connectivity index (χ1) is 17.8. The summed E-state index contributed by atoms with van der Waals surface area (Å²) in [7, 11) is 0. The molecule has 2 aliphatic heterocycles. The molecule has 2 unspecified atom stereocenters. The summed E-state index contributed by atoms with van der Waals surface area (Å²) in [5, 5.41) is 0. The van der Waals surface area contributed by atoms with Gasteiger partial charge in [-0.1, -0.05) is 56.3 Å². The minimum absolute atomic E-state index is 0.0223. The number of hydrogen-bond donors (Lipinski definition) is 1. The molecule has 0 spiro atoms. The van der Waals surface area contributed by atoms with Gasteiger partial charge in [0.05, 0.1) is 28.7 Å². The third-order valence-electron chi connectivity index (χ3n) is 7.35. The molecular formula is C29H33N5O2S. The van der Waals surface area contributed by atoms with Crippen LogP contribution in [0.15, 0.2) is 59.0 Å². The van der Waals surface area contributed by atoms with Gasteiger partial charge in [0.2, 0.25) is 5.91 Å². The molecule has 2 aliphatic rings. The van der Waals surface area contributed by atoms with Crippen molar-refractivity contribution in [1.82, 2.24) is 14.8 Å². The lowest BCUT2D eigenvalue weighted by atomic mass is 10.0. The molecule has 1 saturated heterocycles. The summed E-state index contributed by atoms with van der Waals surface area (Å²) in [6, 6.07) is 15.1.